The van der Waals surface area contributed by atoms with Gasteiger partial charge in [-0.25, -0.2) is 0 Å². The van der Waals surface area contributed by atoms with Crippen molar-refractivity contribution in [2.45, 2.75) is 0 Å². The molecule has 32 heavy (non-hydrogen) atoms. The predicted molar refractivity (Wildman–Crippen MR) is 105 cm³/mol. The number of aromatic carboxylic acids is 3. The van der Waals surface area contributed by atoms with Crippen molar-refractivity contribution in [3.8, 4) is 17.2 Å². The molecule has 0 saturated carbocycles. The third-order valence-electron chi connectivity index (χ3n) is 3.37. The van der Waals surface area contributed by atoms with Crippen molar-refractivity contribution in [2.75, 3.05) is 0 Å². The van der Waals surface area contributed by atoms with Gasteiger partial charge in [0.1, 0.15) is 17.2 Å². The molecule has 3 N–H and O–H groups in total. The second kappa shape index (κ2) is 15.5. The smallest absolute Gasteiger partial charge is 0.545 e. The minimum Gasteiger partial charge on any atom is -0.545 e. The molecule has 0 aliphatic heterocycles. The Labute approximate surface area is 210 Å². The van der Waals surface area contributed by atoms with Gasteiger partial charge in [-0.1, -0.05) is 36.4 Å². The molecule has 3 aromatic rings. The number of carbonyl (C=O) groups is 3. The van der Waals surface area contributed by atoms with E-state index in [4.69, 9.17) is 15.3 Å². The van der Waals surface area contributed by atoms with Crippen LogP contribution in [0.4, 0.5) is 0 Å². The molecule has 5 radical (unpaired) electrons. The molecule has 0 heterocycles. The van der Waals surface area contributed by atoms with Gasteiger partial charge in [0, 0.05) is 16.7 Å². The van der Waals surface area contributed by atoms with Crippen LogP contribution in [0, 0.1) is 0 Å². The first-order valence-corrected chi connectivity index (χ1v) is 8.13. The zero-order chi connectivity index (χ0) is 22.7. The number of hydrogen-bond acceptors (Lipinski definition) is 9. The summed E-state index contributed by atoms with van der Waals surface area (Å²) in [5.41, 5.74) is -0.535. The van der Waals surface area contributed by atoms with Crippen LogP contribution in [0.5, 0.6) is 17.2 Å². The molecular formula is C21H15HgO9S. The second-order valence-electron chi connectivity index (χ2n) is 5.41. The summed E-state index contributed by atoms with van der Waals surface area (Å²) in [5.74, 6) is -4.87. The Morgan fingerprint density at radius 3 is 0.812 bits per heavy atom. The van der Waals surface area contributed by atoms with Crippen LogP contribution >= 0.6 is 0 Å². The van der Waals surface area contributed by atoms with Crippen molar-refractivity contribution in [3.63, 3.8) is 0 Å². The fourth-order valence-corrected chi connectivity index (χ4v) is 1.94. The van der Waals surface area contributed by atoms with Crippen molar-refractivity contribution in [1.82, 2.24) is 0 Å². The van der Waals surface area contributed by atoms with Gasteiger partial charge in [0.15, 0.2) is 0 Å². The van der Waals surface area contributed by atoms with Crippen LogP contribution in [0.25, 0.3) is 0 Å². The minimum atomic E-state index is -1.36. The molecule has 0 aliphatic rings. The molecule has 0 spiro atoms. The van der Waals surface area contributed by atoms with E-state index in [0.29, 0.717) is 0 Å². The molecular weight excluding hydrogens is 629 g/mol. The summed E-state index contributed by atoms with van der Waals surface area (Å²) in [5, 5.41) is 57.0. The molecule has 0 saturated heterocycles. The number of carboxylic acids is 3. The predicted octanol–water partition coefficient (Wildman–Crippen LogP) is -0.738. The Hall–Kier alpha value is -3.24. The number of aromatic hydroxyl groups is 3. The summed E-state index contributed by atoms with van der Waals surface area (Å²) in [7, 11) is 0. The maximum Gasteiger partial charge on any atom is 2.00 e. The first kappa shape index (κ1) is 30.9. The van der Waals surface area contributed by atoms with Crippen LogP contribution in [0.3, 0.4) is 0 Å². The standard InChI is InChI=1S/3C7H6O3.Hg.S/c3*8-6-4-2-1-3-5(6)7(9)10;;/h3*1-4,8H,(H,9,10);;/q;;;+1;+2/p-3. The molecule has 3 rings (SSSR count). The number of benzene rings is 3. The quantitative estimate of drug-likeness (QED) is 0.310. The molecule has 0 bridgehead atoms. The van der Waals surface area contributed by atoms with Gasteiger partial charge in [-0.3, -0.25) is 0 Å². The van der Waals surface area contributed by atoms with E-state index < -0.39 is 17.9 Å². The molecule has 0 unspecified atom stereocenters. The Morgan fingerprint density at radius 1 is 0.500 bits per heavy atom. The van der Waals surface area contributed by atoms with Gasteiger partial charge < -0.3 is 45.0 Å². The van der Waals surface area contributed by atoms with E-state index in [1.54, 1.807) is 18.2 Å². The maximum atomic E-state index is 10.2. The summed E-state index contributed by atoms with van der Waals surface area (Å²) in [4.78, 5) is 30.5. The van der Waals surface area contributed by atoms with E-state index in [9.17, 15) is 29.7 Å². The van der Waals surface area contributed by atoms with E-state index >= 15 is 0 Å². The largest absolute Gasteiger partial charge is 2.00 e. The number of para-hydroxylation sites is 3. The number of rotatable bonds is 3. The average molecular weight is 644 g/mol. The van der Waals surface area contributed by atoms with Gasteiger partial charge in [0.05, 0.1) is 17.9 Å². The zero-order valence-corrected chi connectivity index (χ0v) is 22.6. The zero-order valence-electron chi connectivity index (χ0n) is 16.3. The van der Waals surface area contributed by atoms with Crippen LogP contribution in [-0.4, -0.2) is 33.2 Å². The first-order valence-electron chi connectivity index (χ1n) is 8.13. The van der Waals surface area contributed by atoms with Gasteiger partial charge in [-0.15, -0.1) is 0 Å². The van der Waals surface area contributed by atoms with Gasteiger partial charge >= 0.3 is 41.2 Å². The van der Waals surface area contributed by atoms with Gasteiger partial charge in [0.25, 0.3) is 0 Å². The van der Waals surface area contributed by atoms with Crippen molar-refractivity contribution in [3.05, 3.63) is 89.5 Å². The number of carboxylic acid groups (broad SMARTS) is 3. The summed E-state index contributed by atoms with van der Waals surface area (Å²) in [6.07, 6.45) is 0. The molecule has 0 atom stereocenters. The Bertz CT molecular complexity index is 909. The van der Waals surface area contributed by atoms with E-state index in [1.807, 2.05) is 0 Å². The van der Waals surface area contributed by atoms with E-state index in [0.717, 1.165) is 0 Å². The Balaban J connectivity index is 0. The Morgan fingerprint density at radius 2 is 0.688 bits per heavy atom. The van der Waals surface area contributed by atoms with E-state index in [-0.39, 0.29) is 75.1 Å². The molecule has 0 fully saturated rings. The minimum absolute atomic E-state index is 0. The van der Waals surface area contributed by atoms with Gasteiger partial charge in [-0.2, -0.15) is 0 Å². The molecule has 0 aliphatic carbocycles. The number of hydrogen-bond donors (Lipinski definition) is 3. The average Bonchev–Trinajstić information content (AvgIpc) is 2.69. The topological polar surface area (TPSA) is 181 Å². The van der Waals surface area contributed by atoms with Crippen LogP contribution in [0.2, 0.25) is 0 Å². The van der Waals surface area contributed by atoms with E-state index in [1.165, 1.54) is 54.6 Å². The van der Waals surface area contributed by atoms with Crippen LogP contribution in [-0.2, 0) is 41.2 Å². The fraction of sp³-hybridized carbons (Fsp3) is 0. The summed E-state index contributed by atoms with van der Waals surface area (Å²) in [6, 6.07) is 16.9. The molecule has 3 aromatic carbocycles. The van der Waals surface area contributed by atoms with Gasteiger partial charge in [0.2, 0.25) is 0 Å². The number of carbonyl (C=O) groups excluding carboxylic acids is 3. The van der Waals surface area contributed by atoms with Crippen molar-refractivity contribution in [1.29, 1.82) is 0 Å². The normalized spacial score (nSPS) is 8.62. The van der Waals surface area contributed by atoms with Crippen LogP contribution < -0.4 is 15.3 Å². The van der Waals surface area contributed by atoms with Crippen molar-refractivity contribution in [2.24, 2.45) is 0 Å². The monoisotopic (exact) mass is 645 g/mol. The molecule has 161 valence electrons. The molecule has 9 nitrogen and oxygen atoms in total. The van der Waals surface area contributed by atoms with Crippen molar-refractivity contribution >= 4 is 31.4 Å². The fourth-order valence-electron chi connectivity index (χ4n) is 1.94. The van der Waals surface area contributed by atoms with Crippen molar-refractivity contribution < 1.29 is 72.7 Å². The third kappa shape index (κ3) is 10.2. The summed E-state index contributed by atoms with van der Waals surface area (Å²) < 4.78 is 0. The number of phenols is 3. The van der Waals surface area contributed by atoms with Gasteiger partial charge in [-0.05, 0) is 36.4 Å². The third-order valence-corrected chi connectivity index (χ3v) is 3.37. The molecule has 0 aromatic heterocycles. The van der Waals surface area contributed by atoms with Crippen LogP contribution in [0.1, 0.15) is 31.1 Å². The maximum absolute atomic E-state index is 10.2. The summed E-state index contributed by atoms with van der Waals surface area (Å²) >= 11 is 0. The molecule has 0 amide bonds. The summed E-state index contributed by atoms with van der Waals surface area (Å²) in [6.45, 7) is 0. The second-order valence-corrected chi connectivity index (χ2v) is 5.41. The van der Waals surface area contributed by atoms with E-state index in [2.05, 4.69) is 0 Å². The van der Waals surface area contributed by atoms with Crippen LogP contribution in [0.15, 0.2) is 72.8 Å². The molecule has 11 heteroatoms. The SMILES string of the molecule is O=C([O-])c1ccccc1O.O=C([O-])c1ccccc1O.O=C([O-])c1ccccc1O.[Hg+].[S+2]. The Kier molecular flexibility index (Phi) is 15.0. The first-order chi connectivity index (χ1) is 14.1.